The number of ether oxygens (including phenoxy) is 1. The molecule has 0 radical (unpaired) electrons. The van der Waals surface area contributed by atoms with Crippen LogP contribution in [0.3, 0.4) is 0 Å². The largest absolute Gasteiger partial charge is 0.497 e. The van der Waals surface area contributed by atoms with Gasteiger partial charge < -0.3 is 9.72 Å². The number of aromatic nitrogens is 2. The van der Waals surface area contributed by atoms with Gasteiger partial charge in [0.1, 0.15) is 5.75 Å². The predicted octanol–water partition coefficient (Wildman–Crippen LogP) is 4.32. The maximum Gasteiger partial charge on any atom is 0.259 e. The lowest BCUT2D eigenvalue weighted by atomic mass is 10.2. The molecule has 6 heteroatoms. The highest BCUT2D eigenvalue weighted by Crippen LogP contribution is 2.22. The molecule has 0 atom stereocenters. The molecule has 4 nitrogen and oxygen atoms in total. The molecule has 0 aliphatic heterocycles. The number of benzene rings is 2. The molecular formula is C17H12Cl2N2O2. The number of aromatic amines is 1. The van der Waals surface area contributed by atoms with Gasteiger partial charge in [0.25, 0.3) is 5.56 Å². The van der Waals surface area contributed by atoms with Crippen molar-refractivity contribution < 1.29 is 4.74 Å². The van der Waals surface area contributed by atoms with Crippen molar-refractivity contribution in [2.24, 2.45) is 0 Å². The fourth-order valence-corrected chi connectivity index (χ4v) is 2.52. The summed E-state index contributed by atoms with van der Waals surface area (Å²) < 4.78 is 5.11. The standard InChI is InChI=1S/C17H12Cl2N2O2/c1-23-12-5-2-10(3-6-12)8-14(19)16-20-15-9-11(18)4-7-13(15)17(22)21-16/h2-9H,1H3,(H,20,21,22)/b14-8-. The van der Waals surface area contributed by atoms with Gasteiger partial charge in [-0.1, -0.05) is 35.3 Å². The Morgan fingerprint density at radius 1 is 1.22 bits per heavy atom. The van der Waals surface area contributed by atoms with Crippen LogP contribution < -0.4 is 10.3 Å². The highest BCUT2D eigenvalue weighted by molar-refractivity contribution is 6.50. The van der Waals surface area contributed by atoms with Crippen LogP contribution in [0.4, 0.5) is 0 Å². The van der Waals surface area contributed by atoms with Crippen LogP contribution in [0.15, 0.2) is 47.3 Å². The monoisotopic (exact) mass is 346 g/mol. The lowest BCUT2D eigenvalue weighted by molar-refractivity contribution is 0.415. The Kier molecular flexibility index (Phi) is 4.37. The average molecular weight is 347 g/mol. The normalized spacial score (nSPS) is 11.7. The van der Waals surface area contributed by atoms with Gasteiger partial charge in [-0.2, -0.15) is 0 Å². The van der Waals surface area contributed by atoms with E-state index in [9.17, 15) is 4.79 Å². The van der Waals surface area contributed by atoms with E-state index < -0.39 is 0 Å². The van der Waals surface area contributed by atoms with Gasteiger partial charge in [0.2, 0.25) is 0 Å². The van der Waals surface area contributed by atoms with E-state index in [0.717, 1.165) is 11.3 Å². The Morgan fingerprint density at radius 3 is 2.65 bits per heavy atom. The summed E-state index contributed by atoms with van der Waals surface area (Å²) in [7, 11) is 1.60. The number of hydrogen-bond donors (Lipinski definition) is 1. The zero-order valence-electron chi connectivity index (χ0n) is 12.1. The van der Waals surface area contributed by atoms with Crippen molar-refractivity contribution in [1.29, 1.82) is 0 Å². The molecule has 1 heterocycles. The second-order valence-electron chi connectivity index (χ2n) is 4.84. The third-order valence-corrected chi connectivity index (χ3v) is 3.83. The molecule has 23 heavy (non-hydrogen) atoms. The zero-order valence-corrected chi connectivity index (χ0v) is 13.7. The van der Waals surface area contributed by atoms with E-state index in [0.29, 0.717) is 26.8 Å². The van der Waals surface area contributed by atoms with E-state index in [1.54, 1.807) is 31.4 Å². The molecule has 0 amide bonds. The van der Waals surface area contributed by atoms with Crippen LogP contribution in [0.5, 0.6) is 5.75 Å². The van der Waals surface area contributed by atoms with E-state index in [1.165, 1.54) is 0 Å². The SMILES string of the molecule is COc1ccc(/C=C(\Cl)c2nc3cc(Cl)ccc3c(=O)[nH]2)cc1. The summed E-state index contributed by atoms with van der Waals surface area (Å²) in [5.74, 6) is 1.05. The van der Waals surface area contributed by atoms with Crippen molar-refractivity contribution in [1.82, 2.24) is 9.97 Å². The average Bonchev–Trinajstić information content (AvgIpc) is 2.55. The van der Waals surface area contributed by atoms with Crippen LogP contribution in [0, 0.1) is 0 Å². The number of methoxy groups -OCH3 is 1. The summed E-state index contributed by atoms with van der Waals surface area (Å²) in [6, 6.07) is 12.3. The first kappa shape index (κ1) is 15.6. The summed E-state index contributed by atoms with van der Waals surface area (Å²) in [4.78, 5) is 19.1. The van der Waals surface area contributed by atoms with Crippen molar-refractivity contribution >= 4 is 45.2 Å². The van der Waals surface area contributed by atoms with Crippen LogP contribution in [0.25, 0.3) is 22.0 Å². The highest BCUT2D eigenvalue weighted by Gasteiger charge is 2.07. The second-order valence-corrected chi connectivity index (χ2v) is 5.69. The fourth-order valence-electron chi connectivity index (χ4n) is 2.14. The van der Waals surface area contributed by atoms with Gasteiger partial charge in [-0.3, -0.25) is 4.79 Å². The minimum atomic E-state index is -0.261. The first-order valence-electron chi connectivity index (χ1n) is 6.78. The fraction of sp³-hybridized carbons (Fsp3) is 0.0588. The summed E-state index contributed by atoms with van der Waals surface area (Å²) in [5, 5.41) is 1.30. The molecule has 1 N–H and O–H groups in total. The molecule has 1 aromatic heterocycles. The van der Waals surface area contributed by atoms with Gasteiger partial charge in [-0.25, -0.2) is 4.98 Å². The lowest BCUT2D eigenvalue weighted by Crippen LogP contribution is -2.10. The molecule has 0 aliphatic rings. The van der Waals surface area contributed by atoms with Crippen molar-refractivity contribution in [2.75, 3.05) is 7.11 Å². The van der Waals surface area contributed by atoms with Gasteiger partial charge in [0.05, 0.1) is 23.0 Å². The van der Waals surface area contributed by atoms with Crippen LogP contribution in [0.1, 0.15) is 11.4 Å². The minimum Gasteiger partial charge on any atom is -0.497 e. The van der Waals surface area contributed by atoms with Crippen LogP contribution in [0.2, 0.25) is 5.02 Å². The topological polar surface area (TPSA) is 55.0 Å². The molecule has 0 aliphatic carbocycles. The van der Waals surface area contributed by atoms with Crippen LogP contribution >= 0.6 is 23.2 Å². The van der Waals surface area contributed by atoms with E-state index in [-0.39, 0.29) is 5.56 Å². The molecule has 0 unspecified atom stereocenters. The Morgan fingerprint density at radius 2 is 1.96 bits per heavy atom. The maximum atomic E-state index is 12.1. The first-order valence-corrected chi connectivity index (χ1v) is 7.53. The van der Waals surface area contributed by atoms with Crippen LogP contribution in [-0.2, 0) is 0 Å². The van der Waals surface area contributed by atoms with Gasteiger partial charge in [0, 0.05) is 5.02 Å². The number of hydrogen-bond acceptors (Lipinski definition) is 3. The van der Waals surface area contributed by atoms with Gasteiger partial charge in [0.15, 0.2) is 5.82 Å². The molecule has 3 aromatic rings. The molecule has 0 saturated heterocycles. The quantitative estimate of drug-likeness (QED) is 0.768. The van der Waals surface area contributed by atoms with Crippen molar-refractivity contribution in [3.05, 3.63) is 69.2 Å². The van der Waals surface area contributed by atoms with E-state index in [4.69, 9.17) is 27.9 Å². The summed E-state index contributed by atoms with van der Waals surface area (Å²) in [6.07, 6.45) is 1.72. The van der Waals surface area contributed by atoms with Gasteiger partial charge in [-0.05, 0) is 42.0 Å². The van der Waals surface area contributed by atoms with Gasteiger partial charge in [-0.15, -0.1) is 0 Å². The molecular weight excluding hydrogens is 335 g/mol. The number of H-pyrrole nitrogens is 1. The molecule has 0 fully saturated rings. The number of halogens is 2. The molecule has 0 spiro atoms. The Balaban J connectivity index is 2.04. The summed E-state index contributed by atoms with van der Waals surface area (Å²) in [6.45, 7) is 0. The predicted molar refractivity (Wildman–Crippen MR) is 94.1 cm³/mol. The number of rotatable bonds is 3. The van der Waals surface area contributed by atoms with Crippen LogP contribution in [-0.4, -0.2) is 17.1 Å². The smallest absolute Gasteiger partial charge is 0.259 e. The summed E-state index contributed by atoms with van der Waals surface area (Å²) in [5.41, 5.74) is 1.10. The third kappa shape index (κ3) is 3.38. The highest BCUT2D eigenvalue weighted by atomic mass is 35.5. The second kappa shape index (κ2) is 6.44. The maximum absolute atomic E-state index is 12.1. The lowest BCUT2D eigenvalue weighted by Gasteiger charge is -2.03. The Bertz CT molecular complexity index is 947. The Hall–Kier alpha value is -2.30. The minimum absolute atomic E-state index is 0.261. The number of nitrogens with zero attached hydrogens (tertiary/aromatic N) is 1. The first-order chi connectivity index (χ1) is 11.1. The van der Waals surface area contributed by atoms with E-state index >= 15 is 0 Å². The number of fused-ring (bicyclic) bond motifs is 1. The van der Waals surface area contributed by atoms with E-state index in [2.05, 4.69) is 9.97 Å². The van der Waals surface area contributed by atoms with Crippen molar-refractivity contribution in [2.45, 2.75) is 0 Å². The molecule has 116 valence electrons. The zero-order chi connectivity index (χ0) is 16.4. The Labute approximate surface area is 142 Å². The summed E-state index contributed by atoms with van der Waals surface area (Å²) >= 11 is 12.2. The van der Waals surface area contributed by atoms with E-state index in [1.807, 2.05) is 24.3 Å². The molecule has 0 bridgehead atoms. The van der Waals surface area contributed by atoms with Crippen molar-refractivity contribution in [3.63, 3.8) is 0 Å². The van der Waals surface area contributed by atoms with Crippen molar-refractivity contribution in [3.8, 4) is 5.75 Å². The molecule has 0 saturated carbocycles. The number of nitrogens with one attached hydrogen (secondary N) is 1. The molecule has 3 rings (SSSR count). The third-order valence-electron chi connectivity index (χ3n) is 3.30. The van der Waals surface area contributed by atoms with Gasteiger partial charge >= 0.3 is 0 Å². The molecule has 2 aromatic carbocycles.